The van der Waals surface area contributed by atoms with Crippen molar-refractivity contribution >= 4 is 17.4 Å². The zero-order valence-corrected chi connectivity index (χ0v) is 17.5. The first-order chi connectivity index (χ1) is 15.4. The van der Waals surface area contributed by atoms with Crippen molar-refractivity contribution in [3.05, 3.63) is 66.1 Å². The van der Waals surface area contributed by atoms with E-state index in [1.165, 1.54) is 30.5 Å². The van der Waals surface area contributed by atoms with Crippen LogP contribution >= 0.6 is 0 Å². The van der Waals surface area contributed by atoms with E-state index in [4.69, 9.17) is 11.5 Å². The molecule has 1 saturated heterocycles. The molecule has 0 atom stereocenters. The molecule has 0 aliphatic carbocycles. The fourth-order valence-corrected chi connectivity index (χ4v) is 3.51. The second-order valence-electron chi connectivity index (χ2n) is 7.63. The Kier molecular flexibility index (Phi) is 7.46. The van der Waals surface area contributed by atoms with E-state index in [1.54, 1.807) is 18.6 Å². The number of amides is 1. The highest BCUT2D eigenvalue weighted by atomic mass is 19.1. The van der Waals surface area contributed by atoms with Gasteiger partial charge in [0.1, 0.15) is 11.7 Å². The summed E-state index contributed by atoms with van der Waals surface area (Å²) in [5.41, 5.74) is 12.2. The molecule has 0 unspecified atom stereocenters. The molecule has 1 aliphatic heterocycles. The number of nitriles is 1. The third-order valence-corrected chi connectivity index (χ3v) is 5.37. The second kappa shape index (κ2) is 10.5. The summed E-state index contributed by atoms with van der Waals surface area (Å²) in [6, 6.07) is 7.60. The molecule has 2 heterocycles. The topological polar surface area (TPSA) is 146 Å². The molecule has 1 aromatic carbocycles. The number of carbonyl (C=O) groups excluding carboxylic acids is 1. The highest BCUT2D eigenvalue weighted by Crippen LogP contribution is 2.26. The van der Waals surface area contributed by atoms with Crippen molar-refractivity contribution < 1.29 is 9.18 Å². The molecular formula is C22H25FN8O. The molecule has 0 radical (unpaired) electrons. The number of benzene rings is 1. The molecule has 3 rings (SSSR count). The normalized spacial score (nSPS) is 16.9. The Bertz CT molecular complexity index is 1020. The highest BCUT2D eigenvalue weighted by molar-refractivity contribution is 6.20. The lowest BCUT2D eigenvalue weighted by atomic mass is 9.84. The van der Waals surface area contributed by atoms with Crippen LogP contribution in [0.1, 0.15) is 25.0 Å². The van der Waals surface area contributed by atoms with Crippen molar-refractivity contribution in [2.45, 2.75) is 31.3 Å². The number of halogens is 1. The maximum atomic E-state index is 13.1. The van der Waals surface area contributed by atoms with Crippen LogP contribution in [0, 0.1) is 17.1 Å². The second-order valence-corrected chi connectivity index (χ2v) is 7.63. The van der Waals surface area contributed by atoms with E-state index in [2.05, 4.69) is 31.2 Å². The third-order valence-electron chi connectivity index (χ3n) is 5.37. The van der Waals surface area contributed by atoms with E-state index in [-0.39, 0.29) is 17.8 Å². The number of rotatable bonds is 8. The summed E-state index contributed by atoms with van der Waals surface area (Å²) < 4.78 is 13.1. The first-order valence-electron chi connectivity index (χ1n) is 10.1. The van der Waals surface area contributed by atoms with E-state index in [0.717, 1.165) is 18.8 Å². The van der Waals surface area contributed by atoms with Crippen LogP contribution in [-0.2, 0) is 11.3 Å². The van der Waals surface area contributed by atoms with Crippen LogP contribution in [0.25, 0.3) is 0 Å². The third kappa shape index (κ3) is 6.09. The van der Waals surface area contributed by atoms with Gasteiger partial charge in [-0.3, -0.25) is 19.7 Å². The summed E-state index contributed by atoms with van der Waals surface area (Å²) in [5.74, 6) is -1.25. The van der Waals surface area contributed by atoms with Crippen molar-refractivity contribution in [2.24, 2.45) is 16.5 Å². The molecule has 0 spiro atoms. The lowest BCUT2D eigenvalue weighted by Crippen LogP contribution is -2.51. The van der Waals surface area contributed by atoms with Crippen LogP contribution in [0.3, 0.4) is 0 Å². The van der Waals surface area contributed by atoms with Gasteiger partial charge in [0, 0.05) is 44.4 Å². The molecule has 10 heteroatoms. The highest BCUT2D eigenvalue weighted by Gasteiger charge is 2.34. The van der Waals surface area contributed by atoms with Gasteiger partial charge in [0.15, 0.2) is 0 Å². The van der Waals surface area contributed by atoms with E-state index >= 15 is 0 Å². The van der Waals surface area contributed by atoms with Crippen molar-refractivity contribution in [3.8, 4) is 6.07 Å². The summed E-state index contributed by atoms with van der Waals surface area (Å²) >= 11 is 0. The van der Waals surface area contributed by atoms with Crippen LogP contribution < -0.4 is 16.8 Å². The molecule has 166 valence electrons. The monoisotopic (exact) mass is 436 g/mol. The summed E-state index contributed by atoms with van der Waals surface area (Å²) in [4.78, 5) is 26.8. The molecule has 9 nitrogen and oxygen atoms in total. The lowest BCUT2D eigenvalue weighted by molar-refractivity contribution is -0.114. The molecule has 1 aromatic heterocycles. The maximum Gasteiger partial charge on any atom is 0.253 e. The Labute approximate surface area is 185 Å². The average molecular weight is 436 g/mol. The van der Waals surface area contributed by atoms with Crippen LogP contribution in [-0.4, -0.2) is 45.2 Å². The van der Waals surface area contributed by atoms with Crippen LogP contribution in [0.2, 0.25) is 0 Å². The molecule has 5 N–H and O–H groups in total. The Morgan fingerprint density at radius 3 is 2.59 bits per heavy atom. The Morgan fingerprint density at radius 2 is 2.00 bits per heavy atom. The van der Waals surface area contributed by atoms with Gasteiger partial charge in [-0.25, -0.2) is 9.38 Å². The summed E-state index contributed by atoms with van der Waals surface area (Å²) in [7, 11) is 0. The summed E-state index contributed by atoms with van der Waals surface area (Å²) in [6.45, 7) is 2.16. The SMILES string of the molecule is N#CCC1(N/C=C(/C(N)=O)C(N)=Nc2ccc(F)cc2)CCN(Cc2cnccn2)CC1. The minimum Gasteiger partial charge on any atom is -0.384 e. The minimum atomic E-state index is -0.756. The zero-order chi connectivity index (χ0) is 23.0. The number of nitrogens with one attached hydrogen (secondary N) is 1. The quantitative estimate of drug-likeness (QED) is 0.323. The van der Waals surface area contributed by atoms with Gasteiger partial charge < -0.3 is 16.8 Å². The standard InChI is InChI=1S/C22H25FN8O/c23-16-1-3-17(4-2-16)30-20(25)19(21(26)32)14-29-22(5-8-24)6-11-31(12-7-22)15-18-13-27-9-10-28-18/h1-4,9-10,13-14,29H,5-7,11-12,15H2,(H2,25,30)(H2,26,32)/b19-14+. The molecule has 2 aromatic rings. The van der Waals surface area contributed by atoms with Gasteiger partial charge in [-0.05, 0) is 37.1 Å². The zero-order valence-electron chi connectivity index (χ0n) is 17.5. The van der Waals surface area contributed by atoms with E-state index < -0.39 is 17.3 Å². The van der Waals surface area contributed by atoms with Crippen molar-refractivity contribution in [3.63, 3.8) is 0 Å². The van der Waals surface area contributed by atoms with Gasteiger partial charge >= 0.3 is 0 Å². The van der Waals surface area contributed by atoms with Gasteiger partial charge in [-0.2, -0.15) is 5.26 Å². The molecule has 1 amide bonds. The number of nitrogens with zero attached hydrogens (tertiary/aromatic N) is 5. The Morgan fingerprint density at radius 1 is 1.28 bits per heavy atom. The van der Waals surface area contributed by atoms with Crippen molar-refractivity contribution in [2.75, 3.05) is 13.1 Å². The molecule has 1 aliphatic rings. The lowest BCUT2D eigenvalue weighted by Gasteiger charge is -2.41. The first kappa shape index (κ1) is 22.8. The minimum absolute atomic E-state index is 0.00590. The van der Waals surface area contributed by atoms with Crippen molar-refractivity contribution in [1.82, 2.24) is 20.2 Å². The number of carbonyl (C=O) groups is 1. The Balaban J connectivity index is 1.71. The fraction of sp³-hybridized carbons (Fsp3) is 0.318. The number of primary amides is 1. The maximum absolute atomic E-state index is 13.1. The van der Waals surface area contributed by atoms with Gasteiger partial charge in [-0.1, -0.05) is 0 Å². The number of likely N-dealkylation sites (tertiary alicyclic amines) is 1. The summed E-state index contributed by atoms with van der Waals surface area (Å²) in [5, 5.41) is 12.6. The predicted octanol–water partition coefficient (Wildman–Crippen LogP) is 1.51. The van der Waals surface area contributed by atoms with Crippen molar-refractivity contribution in [1.29, 1.82) is 5.26 Å². The summed E-state index contributed by atoms with van der Waals surface area (Å²) in [6.07, 6.45) is 8.07. The number of nitrogens with two attached hydrogens (primary N) is 2. The largest absolute Gasteiger partial charge is 0.384 e. The smallest absolute Gasteiger partial charge is 0.253 e. The molecule has 0 saturated carbocycles. The van der Waals surface area contributed by atoms with Gasteiger partial charge in [0.25, 0.3) is 5.91 Å². The van der Waals surface area contributed by atoms with E-state index in [9.17, 15) is 14.4 Å². The number of piperidine rings is 1. The first-order valence-corrected chi connectivity index (χ1v) is 10.1. The van der Waals surface area contributed by atoms with E-state index in [1.807, 2.05) is 0 Å². The van der Waals surface area contributed by atoms with Gasteiger partial charge in [0.05, 0.1) is 35.0 Å². The number of hydrogen-bond acceptors (Lipinski definition) is 7. The van der Waals surface area contributed by atoms with Crippen LogP contribution in [0.5, 0.6) is 0 Å². The number of amidine groups is 1. The molecular weight excluding hydrogens is 411 g/mol. The fourth-order valence-electron chi connectivity index (χ4n) is 3.51. The van der Waals surface area contributed by atoms with Gasteiger partial charge in [0.2, 0.25) is 0 Å². The predicted molar refractivity (Wildman–Crippen MR) is 118 cm³/mol. The number of aromatic nitrogens is 2. The van der Waals surface area contributed by atoms with E-state index in [0.29, 0.717) is 25.1 Å². The van der Waals surface area contributed by atoms with Gasteiger partial charge in [-0.15, -0.1) is 0 Å². The molecule has 0 bridgehead atoms. The molecule has 1 fully saturated rings. The van der Waals surface area contributed by atoms with Crippen LogP contribution in [0.4, 0.5) is 10.1 Å². The number of aliphatic imine (C=N–C) groups is 1. The Hall–Kier alpha value is -3.84. The number of hydrogen-bond donors (Lipinski definition) is 3. The molecule has 32 heavy (non-hydrogen) atoms. The van der Waals surface area contributed by atoms with Crippen LogP contribution in [0.15, 0.2) is 59.6 Å². The average Bonchev–Trinajstić information content (AvgIpc) is 2.78.